The highest BCUT2D eigenvalue weighted by Gasteiger charge is 2.36. The van der Waals surface area contributed by atoms with Gasteiger partial charge in [0.05, 0.1) is 32.5 Å². The van der Waals surface area contributed by atoms with Crippen molar-refractivity contribution in [3.63, 3.8) is 0 Å². The first-order valence-electron chi connectivity index (χ1n) is 17.3. The summed E-state index contributed by atoms with van der Waals surface area (Å²) in [4.78, 5) is 35.0. The number of carbonyl (C=O) groups is 2. The number of rotatable bonds is 9. The summed E-state index contributed by atoms with van der Waals surface area (Å²) >= 11 is 0. The van der Waals surface area contributed by atoms with Gasteiger partial charge in [-0.25, -0.2) is 9.78 Å². The number of benzene rings is 1. The van der Waals surface area contributed by atoms with Crippen molar-refractivity contribution in [3.8, 4) is 16.9 Å². The molecule has 0 spiro atoms. The molecule has 0 atom stereocenters. The molecule has 0 bridgehead atoms. The lowest BCUT2D eigenvalue weighted by Crippen LogP contribution is -2.54. The quantitative estimate of drug-likeness (QED) is 0.283. The fourth-order valence-corrected chi connectivity index (χ4v) is 7.37. The molecule has 3 aliphatic rings. The second-order valence-electron chi connectivity index (χ2n) is 14.0. The van der Waals surface area contributed by atoms with Crippen molar-refractivity contribution in [2.75, 3.05) is 31.6 Å². The van der Waals surface area contributed by atoms with E-state index in [9.17, 15) is 14.7 Å². The van der Waals surface area contributed by atoms with Gasteiger partial charge in [0.15, 0.2) is 0 Å². The van der Waals surface area contributed by atoms with Crippen LogP contribution in [0.2, 0.25) is 0 Å². The molecule has 2 amide bonds. The Kier molecular flexibility index (Phi) is 10.2. The molecule has 3 heterocycles. The highest BCUT2D eigenvalue weighted by atomic mass is 16.6. The number of aromatic nitrogens is 3. The minimum atomic E-state index is -0.456. The van der Waals surface area contributed by atoms with Crippen LogP contribution in [0.1, 0.15) is 88.3 Å². The molecule has 252 valence electrons. The average molecular weight is 644 g/mol. The van der Waals surface area contributed by atoms with Gasteiger partial charge >= 0.3 is 6.09 Å². The first-order valence-corrected chi connectivity index (χ1v) is 17.3. The summed E-state index contributed by atoms with van der Waals surface area (Å²) < 4.78 is 13.1. The number of aliphatic hydroxyl groups is 1. The molecule has 1 aromatic carbocycles. The van der Waals surface area contributed by atoms with Crippen molar-refractivity contribution in [2.24, 2.45) is 11.8 Å². The fourth-order valence-electron chi connectivity index (χ4n) is 7.37. The number of pyridine rings is 1. The molecule has 0 unspecified atom stereocenters. The van der Waals surface area contributed by atoms with Gasteiger partial charge in [0, 0.05) is 36.5 Å². The van der Waals surface area contributed by atoms with Crippen LogP contribution in [0.15, 0.2) is 48.9 Å². The average Bonchev–Trinajstić information content (AvgIpc) is 3.57. The Morgan fingerprint density at radius 2 is 1.74 bits per heavy atom. The lowest BCUT2D eigenvalue weighted by molar-refractivity contribution is -0.124. The first-order chi connectivity index (χ1) is 22.7. The summed E-state index contributed by atoms with van der Waals surface area (Å²) in [6.07, 6.45) is 11.6. The Labute approximate surface area is 278 Å². The SMILES string of the molecule is COc1ccc([C@H]2CC[C@H](CN(c3cc(-c4cnn(C(C)C)c4)ccn3)C(=O)[C@H]3CC[C@H](OC(=O)N4CC(O)C4)CC3)CC2)cc1C. The third-order valence-electron chi connectivity index (χ3n) is 10.3. The number of aliphatic hydroxyl groups excluding tert-OH is 1. The van der Waals surface area contributed by atoms with Gasteiger partial charge in [0.2, 0.25) is 5.91 Å². The number of ether oxygens (including phenoxy) is 2. The Morgan fingerprint density at radius 3 is 2.38 bits per heavy atom. The van der Waals surface area contributed by atoms with Crippen molar-refractivity contribution >= 4 is 17.8 Å². The van der Waals surface area contributed by atoms with Crippen LogP contribution in [0.3, 0.4) is 0 Å². The Morgan fingerprint density at radius 1 is 1.00 bits per heavy atom. The zero-order valence-electron chi connectivity index (χ0n) is 28.2. The van der Waals surface area contributed by atoms with Crippen molar-refractivity contribution in [1.82, 2.24) is 19.7 Å². The third-order valence-corrected chi connectivity index (χ3v) is 10.3. The van der Waals surface area contributed by atoms with Crippen LogP contribution in [0.4, 0.5) is 10.6 Å². The van der Waals surface area contributed by atoms with Crippen molar-refractivity contribution in [3.05, 3.63) is 60.0 Å². The van der Waals surface area contributed by atoms with E-state index in [-0.39, 0.29) is 30.1 Å². The van der Waals surface area contributed by atoms with Crippen LogP contribution < -0.4 is 9.64 Å². The summed E-state index contributed by atoms with van der Waals surface area (Å²) in [5, 5.41) is 14.0. The molecule has 3 aromatic rings. The van der Waals surface area contributed by atoms with Crippen molar-refractivity contribution in [1.29, 1.82) is 0 Å². The second kappa shape index (κ2) is 14.5. The predicted octanol–water partition coefficient (Wildman–Crippen LogP) is 6.52. The Bertz CT molecular complexity index is 1530. The number of amides is 2. The zero-order chi connectivity index (χ0) is 33.1. The number of aryl methyl sites for hydroxylation is 1. The van der Waals surface area contributed by atoms with Crippen molar-refractivity contribution in [2.45, 2.75) is 96.3 Å². The molecule has 2 saturated carbocycles. The van der Waals surface area contributed by atoms with Gasteiger partial charge in [-0.2, -0.15) is 5.10 Å². The standard InChI is InChI=1S/C37H49N5O5/c1-24(2)42-21-31(19-39-42)30-15-16-38-35(18-30)41(20-26-5-7-27(8-6-26)29-11-14-34(46-4)25(3)17-29)36(44)28-9-12-33(13-10-28)47-37(45)40-22-32(43)23-40/h11,14-19,21,24,26-28,32-33,43H,5-10,12-13,20,22-23H2,1-4H3/t26-,27-,28-,33-. The van der Waals surface area contributed by atoms with E-state index in [0.29, 0.717) is 63.0 Å². The van der Waals surface area contributed by atoms with Crippen LogP contribution >= 0.6 is 0 Å². The highest BCUT2D eigenvalue weighted by molar-refractivity contribution is 5.94. The molecule has 6 rings (SSSR count). The van der Waals surface area contributed by atoms with E-state index in [1.807, 2.05) is 34.1 Å². The fraction of sp³-hybridized carbons (Fsp3) is 0.568. The normalized spacial score (nSPS) is 23.3. The minimum Gasteiger partial charge on any atom is -0.496 e. The van der Waals surface area contributed by atoms with E-state index in [0.717, 1.165) is 48.1 Å². The van der Waals surface area contributed by atoms with Gasteiger partial charge in [-0.15, -0.1) is 0 Å². The maximum absolute atomic E-state index is 14.3. The molecule has 3 fully saturated rings. The van der Waals surface area contributed by atoms with Gasteiger partial charge in [-0.05, 0) is 119 Å². The van der Waals surface area contributed by atoms with Crippen LogP contribution in [-0.2, 0) is 9.53 Å². The summed E-state index contributed by atoms with van der Waals surface area (Å²) in [6, 6.07) is 10.8. The Balaban J connectivity index is 1.15. The smallest absolute Gasteiger partial charge is 0.410 e. The van der Waals surface area contributed by atoms with E-state index in [2.05, 4.69) is 44.1 Å². The van der Waals surface area contributed by atoms with Crippen LogP contribution in [0.5, 0.6) is 5.75 Å². The molecule has 2 aliphatic carbocycles. The molecular weight excluding hydrogens is 594 g/mol. The summed E-state index contributed by atoms with van der Waals surface area (Å²) in [6.45, 7) is 7.60. The number of carbonyl (C=O) groups excluding carboxylic acids is 2. The molecule has 10 heteroatoms. The van der Waals surface area contributed by atoms with E-state index in [1.165, 1.54) is 10.5 Å². The second-order valence-corrected chi connectivity index (χ2v) is 14.0. The number of nitrogens with zero attached hydrogens (tertiary/aromatic N) is 5. The molecule has 1 aliphatic heterocycles. The molecule has 1 N–H and O–H groups in total. The number of β-amino-alcohol motifs (C(OH)–C–C–N with tert-alkyl or cyclic N) is 1. The zero-order valence-corrected chi connectivity index (χ0v) is 28.2. The van der Waals surface area contributed by atoms with Gasteiger partial charge < -0.3 is 19.5 Å². The number of anilines is 1. The third kappa shape index (κ3) is 7.64. The molecule has 47 heavy (non-hydrogen) atoms. The van der Waals surface area contributed by atoms with Gasteiger partial charge in [0.1, 0.15) is 17.7 Å². The molecular formula is C37H49N5O5. The first kappa shape index (κ1) is 33.0. The van der Waals surface area contributed by atoms with Crippen molar-refractivity contribution < 1.29 is 24.2 Å². The summed E-state index contributed by atoms with van der Waals surface area (Å²) in [5.74, 6) is 2.46. The number of likely N-dealkylation sites (tertiary alicyclic amines) is 1. The minimum absolute atomic E-state index is 0.107. The van der Waals surface area contributed by atoms with Gasteiger partial charge in [-0.1, -0.05) is 12.1 Å². The lowest BCUT2D eigenvalue weighted by Gasteiger charge is -2.38. The van der Waals surface area contributed by atoms with E-state index >= 15 is 0 Å². The number of hydrogen-bond acceptors (Lipinski definition) is 7. The van der Waals surface area contributed by atoms with E-state index in [4.69, 9.17) is 14.5 Å². The molecule has 0 radical (unpaired) electrons. The van der Waals surface area contributed by atoms with E-state index in [1.54, 1.807) is 13.3 Å². The number of methoxy groups -OCH3 is 1. The van der Waals surface area contributed by atoms with Crippen LogP contribution in [-0.4, -0.2) is 75.7 Å². The molecule has 1 saturated heterocycles. The van der Waals surface area contributed by atoms with Crippen LogP contribution in [0.25, 0.3) is 11.1 Å². The summed E-state index contributed by atoms with van der Waals surface area (Å²) in [5.41, 5.74) is 4.53. The predicted molar refractivity (Wildman–Crippen MR) is 180 cm³/mol. The molecule has 2 aromatic heterocycles. The largest absolute Gasteiger partial charge is 0.496 e. The highest BCUT2D eigenvalue weighted by Crippen LogP contribution is 2.39. The van der Waals surface area contributed by atoms with Gasteiger partial charge in [0.25, 0.3) is 0 Å². The maximum Gasteiger partial charge on any atom is 0.410 e. The topological polar surface area (TPSA) is 110 Å². The summed E-state index contributed by atoms with van der Waals surface area (Å²) in [7, 11) is 1.71. The van der Waals surface area contributed by atoms with Gasteiger partial charge in [-0.3, -0.25) is 14.4 Å². The van der Waals surface area contributed by atoms with Crippen LogP contribution in [0, 0.1) is 18.8 Å². The number of hydrogen-bond donors (Lipinski definition) is 1. The maximum atomic E-state index is 14.3. The lowest BCUT2D eigenvalue weighted by atomic mass is 9.78. The van der Waals surface area contributed by atoms with E-state index < -0.39 is 6.10 Å². The Hall–Kier alpha value is -3.92. The molecule has 10 nitrogen and oxygen atoms in total. The monoisotopic (exact) mass is 643 g/mol.